The fourth-order valence-corrected chi connectivity index (χ4v) is 3.45. The second-order valence-electron chi connectivity index (χ2n) is 5.06. The first-order chi connectivity index (χ1) is 11.9. The molecule has 0 radical (unpaired) electrons. The maximum atomic E-state index is 12.5. The number of benzene rings is 2. The van der Waals surface area contributed by atoms with Crippen molar-refractivity contribution in [3.63, 3.8) is 0 Å². The maximum Gasteiger partial charge on any atom is 0.261 e. The Morgan fingerprint density at radius 3 is 2.36 bits per heavy atom. The molecule has 0 aliphatic rings. The number of allylic oxidation sites excluding steroid dienone is 1. The molecule has 0 aliphatic carbocycles. The van der Waals surface area contributed by atoms with Gasteiger partial charge >= 0.3 is 0 Å². The van der Waals surface area contributed by atoms with Crippen LogP contribution in [0.15, 0.2) is 64.5 Å². The van der Waals surface area contributed by atoms with Gasteiger partial charge in [0.05, 0.1) is 16.3 Å². The highest BCUT2D eigenvalue weighted by Gasteiger charge is 2.19. The molecule has 6 nitrogen and oxygen atoms in total. The summed E-state index contributed by atoms with van der Waals surface area (Å²) < 4.78 is 27.6. The zero-order valence-corrected chi connectivity index (χ0v) is 14.8. The first-order valence-corrected chi connectivity index (χ1v) is 8.99. The molecule has 0 saturated heterocycles. The van der Waals surface area contributed by atoms with Crippen LogP contribution in [0.1, 0.15) is 12.5 Å². The largest absolute Gasteiger partial charge is 0.355 e. The van der Waals surface area contributed by atoms with Crippen molar-refractivity contribution < 1.29 is 13.2 Å². The van der Waals surface area contributed by atoms with Crippen LogP contribution in [-0.2, 0) is 14.8 Å². The lowest BCUT2D eigenvalue weighted by Gasteiger charge is -2.14. The number of para-hydroxylation sites is 1. The number of hydrogen-bond donors (Lipinski definition) is 2. The Hall–Kier alpha value is -2.93. The van der Waals surface area contributed by atoms with E-state index in [1.807, 2.05) is 0 Å². The fourth-order valence-electron chi connectivity index (χ4n) is 2.36. The van der Waals surface area contributed by atoms with Gasteiger partial charge in [0.1, 0.15) is 0 Å². The van der Waals surface area contributed by atoms with Crippen molar-refractivity contribution in [1.29, 1.82) is 0 Å². The van der Waals surface area contributed by atoms with Crippen LogP contribution in [0, 0.1) is 0 Å². The van der Waals surface area contributed by atoms with Crippen molar-refractivity contribution in [2.24, 2.45) is 4.99 Å². The van der Waals surface area contributed by atoms with E-state index in [1.54, 1.807) is 49.4 Å². The molecule has 2 N–H and O–H groups in total. The molecule has 0 aliphatic heterocycles. The number of sulfonamides is 1. The molecule has 2 aromatic carbocycles. The Morgan fingerprint density at radius 2 is 1.80 bits per heavy atom. The Morgan fingerprint density at radius 1 is 1.12 bits per heavy atom. The van der Waals surface area contributed by atoms with Gasteiger partial charge in [0.2, 0.25) is 0 Å². The lowest BCUT2D eigenvalue weighted by molar-refractivity contribution is -0.115. The highest BCUT2D eigenvalue weighted by atomic mass is 32.2. The summed E-state index contributed by atoms with van der Waals surface area (Å²) in [5.74, 6) is -0.296. The van der Waals surface area contributed by atoms with E-state index in [0.717, 1.165) is 0 Å². The average molecular weight is 357 g/mol. The lowest BCUT2D eigenvalue weighted by atomic mass is 10.0. The second-order valence-corrected chi connectivity index (χ2v) is 6.74. The minimum Gasteiger partial charge on any atom is -0.355 e. The molecule has 7 heteroatoms. The highest BCUT2D eigenvalue weighted by Crippen LogP contribution is 2.35. The minimum atomic E-state index is -3.78. The Bertz CT molecular complexity index is 920. The zero-order chi connectivity index (χ0) is 18.4. The molecule has 0 fully saturated rings. The van der Waals surface area contributed by atoms with E-state index >= 15 is 0 Å². The molecule has 130 valence electrons. The number of carbonyl (C=O) groups is 1. The van der Waals surface area contributed by atoms with E-state index in [9.17, 15) is 13.2 Å². The van der Waals surface area contributed by atoms with E-state index < -0.39 is 10.0 Å². The molecule has 0 bridgehead atoms. The molecular weight excluding hydrogens is 338 g/mol. The van der Waals surface area contributed by atoms with Crippen LogP contribution in [0.25, 0.3) is 5.57 Å². The Labute approximate surface area is 147 Å². The van der Waals surface area contributed by atoms with Crippen LogP contribution in [-0.4, -0.2) is 28.1 Å². The van der Waals surface area contributed by atoms with Gasteiger partial charge in [0.25, 0.3) is 15.9 Å². The number of anilines is 1. The van der Waals surface area contributed by atoms with Crippen molar-refractivity contribution >= 4 is 39.6 Å². The first-order valence-electron chi connectivity index (χ1n) is 7.51. The Balaban J connectivity index is 2.52. The molecule has 0 atom stereocenters. The smallest absolute Gasteiger partial charge is 0.261 e. The van der Waals surface area contributed by atoms with Gasteiger partial charge in [0, 0.05) is 18.2 Å². The molecule has 2 rings (SSSR count). The van der Waals surface area contributed by atoms with Gasteiger partial charge in [-0.1, -0.05) is 36.4 Å². The number of rotatable bonds is 6. The number of hydrogen-bond acceptors (Lipinski definition) is 4. The van der Waals surface area contributed by atoms with Gasteiger partial charge in [-0.25, -0.2) is 8.42 Å². The molecule has 25 heavy (non-hydrogen) atoms. The van der Waals surface area contributed by atoms with Crippen molar-refractivity contribution in [2.45, 2.75) is 11.8 Å². The number of likely N-dealkylation sites (N-methyl/N-ethyl adjacent to an activating group) is 1. The summed E-state index contributed by atoms with van der Waals surface area (Å²) in [5.41, 5.74) is 1.41. The van der Waals surface area contributed by atoms with E-state index in [-0.39, 0.29) is 16.5 Å². The highest BCUT2D eigenvalue weighted by molar-refractivity contribution is 7.92. The van der Waals surface area contributed by atoms with Crippen LogP contribution in [0.2, 0.25) is 0 Å². The molecular formula is C18H19N3O3S. The van der Waals surface area contributed by atoms with E-state index in [2.05, 4.69) is 21.7 Å². The molecule has 0 spiro atoms. The van der Waals surface area contributed by atoms with E-state index in [1.165, 1.54) is 19.2 Å². The van der Waals surface area contributed by atoms with E-state index in [0.29, 0.717) is 16.8 Å². The summed E-state index contributed by atoms with van der Waals surface area (Å²) in [6, 6.07) is 12.9. The van der Waals surface area contributed by atoms with Gasteiger partial charge in [-0.3, -0.25) is 14.5 Å². The van der Waals surface area contributed by atoms with Crippen LogP contribution in [0.3, 0.4) is 0 Å². The predicted molar refractivity (Wildman–Crippen MR) is 101 cm³/mol. The number of nitrogens with one attached hydrogen (secondary N) is 2. The third-order valence-electron chi connectivity index (χ3n) is 3.54. The summed E-state index contributed by atoms with van der Waals surface area (Å²) in [4.78, 5) is 16.1. The summed E-state index contributed by atoms with van der Waals surface area (Å²) in [7, 11) is -2.26. The van der Waals surface area contributed by atoms with E-state index in [4.69, 9.17) is 0 Å². The molecule has 0 saturated carbocycles. The van der Waals surface area contributed by atoms with Crippen LogP contribution in [0.5, 0.6) is 0 Å². The van der Waals surface area contributed by atoms with Crippen molar-refractivity contribution in [1.82, 2.24) is 5.32 Å². The number of aliphatic imine (C=N–C) groups is 1. The quantitative estimate of drug-likeness (QED) is 0.615. The third-order valence-corrected chi connectivity index (χ3v) is 4.92. The summed E-state index contributed by atoms with van der Waals surface area (Å²) in [5, 5.41) is 2.55. The average Bonchev–Trinajstić information content (AvgIpc) is 2.62. The molecule has 1 amide bonds. The molecule has 0 heterocycles. The fraction of sp³-hybridized carbons (Fsp3) is 0.111. The second kappa shape index (κ2) is 7.76. The number of carbonyl (C=O) groups excluding carboxylic acids is 1. The van der Waals surface area contributed by atoms with Gasteiger partial charge in [-0.05, 0) is 31.8 Å². The normalized spacial score (nSPS) is 11.7. The topological polar surface area (TPSA) is 87.6 Å². The maximum absolute atomic E-state index is 12.5. The minimum absolute atomic E-state index is 0.132. The summed E-state index contributed by atoms with van der Waals surface area (Å²) >= 11 is 0. The summed E-state index contributed by atoms with van der Waals surface area (Å²) in [6.07, 6.45) is 1.64. The van der Waals surface area contributed by atoms with Gasteiger partial charge in [0.15, 0.2) is 0 Å². The van der Waals surface area contributed by atoms with Gasteiger partial charge < -0.3 is 5.32 Å². The number of nitrogens with zero attached hydrogens (tertiary/aromatic N) is 1. The van der Waals surface area contributed by atoms with Crippen molar-refractivity contribution in [2.75, 3.05) is 11.8 Å². The monoisotopic (exact) mass is 357 g/mol. The van der Waals surface area contributed by atoms with Crippen LogP contribution >= 0.6 is 0 Å². The van der Waals surface area contributed by atoms with Crippen molar-refractivity contribution in [3.8, 4) is 0 Å². The molecule has 0 unspecified atom stereocenters. The van der Waals surface area contributed by atoms with Gasteiger partial charge in [-0.15, -0.1) is 0 Å². The first kappa shape index (κ1) is 18.4. The molecule has 2 aromatic rings. The van der Waals surface area contributed by atoms with Crippen LogP contribution < -0.4 is 10.0 Å². The van der Waals surface area contributed by atoms with Gasteiger partial charge in [-0.2, -0.15) is 0 Å². The SMILES string of the molecule is C=Nc1c(NS(=O)(=O)c2ccccc2)cccc1C(=CC)C(=O)NC. The Kier molecular flexibility index (Phi) is 5.71. The van der Waals surface area contributed by atoms with Crippen LogP contribution in [0.4, 0.5) is 11.4 Å². The third kappa shape index (κ3) is 3.95. The zero-order valence-electron chi connectivity index (χ0n) is 14.0. The number of amides is 1. The molecule has 0 aromatic heterocycles. The lowest BCUT2D eigenvalue weighted by Crippen LogP contribution is -2.19. The predicted octanol–water partition coefficient (Wildman–Crippen LogP) is 2.97. The standard InChI is InChI=1S/C18H19N3O3S/c1-4-14(18(22)20-3)15-11-8-12-16(17(15)19-2)21-25(23,24)13-9-6-5-7-10-13/h4-12,21H,2H2,1,3H3,(H,20,22). The van der Waals surface area contributed by atoms with Crippen molar-refractivity contribution in [3.05, 3.63) is 60.2 Å². The summed E-state index contributed by atoms with van der Waals surface area (Å²) in [6.45, 7) is 5.23.